The monoisotopic (exact) mass is 572 g/mol. The third kappa shape index (κ3) is 3.22. The van der Waals surface area contributed by atoms with Crippen LogP contribution >= 0.6 is 0 Å². The lowest BCUT2D eigenvalue weighted by Crippen LogP contribution is -2.35. The maximum absolute atomic E-state index is 13.7. The Balaban J connectivity index is 1.66. The van der Waals surface area contributed by atoms with Crippen molar-refractivity contribution >= 4 is 10.8 Å². The lowest BCUT2D eigenvalue weighted by molar-refractivity contribution is 0.105. The van der Waals surface area contributed by atoms with Crippen LogP contribution in [0.2, 0.25) is 0 Å². The number of aryl methyl sites for hydroxylation is 6. The van der Waals surface area contributed by atoms with Gasteiger partial charge in [0.15, 0.2) is 0 Å². The van der Waals surface area contributed by atoms with Gasteiger partial charge >= 0.3 is 0 Å². The van der Waals surface area contributed by atoms with Crippen molar-refractivity contribution in [3.8, 4) is 22.3 Å². The first-order valence-corrected chi connectivity index (χ1v) is 15.5. The van der Waals surface area contributed by atoms with Gasteiger partial charge in [-0.2, -0.15) is 0 Å². The Hall–Kier alpha value is -4.50. The fraction of sp³-hybridized carbons (Fsp3) is 0.190. The van der Waals surface area contributed by atoms with Gasteiger partial charge in [0, 0.05) is 22.3 Å². The summed E-state index contributed by atoms with van der Waals surface area (Å²) in [4.78, 5) is 0. The van der Waals surface area contributed by atoms with E-state index >= 15 is 0 Å². The smallest absolute Gasteiger partial charge is 0.142 e. The van der Waals surface area contributed by atoms with E-state index in [4.69, 9.17) is 0 Å². The number of benzene rings is 6. The Labute approximate surface area is 259 Å². The molecule has 6 aromatic rings. The fourth-order valence-corrected chi connectivity index (χ4v) is 9.04. The van der Waals surface area contributed by atoms with Crippen LogP contribution in [-0.4, -0.2) is 10.2 Å². The maximum Gasteiger partial charge on any atom is 0.142 e. The van der Waals surface area contributed by atoms with Gasteiger partial charge in [-0.05, 0) is 108 Å². The van der Waals surface area contributed by atoms with Crippen molar-refractivity contribution in [1.29, 1.82) is 0 Å². The molecule has 44 heavy (non-hydrogen) atoms. The van der Waals surface area contributed by atoms with Gasteiger partial charge in [-0.1, -0.05) is 108 Å². The van der Waals surface area contributed by atoms with Crippen molar-refractivity contribution in [3.63, 3.8) is 0 Å². The minimum atomic E-state index is -1.48. The minimum absolute atomic E-state index is 0.792. The zero-order chi connectivity index (χ0) is 30.7. The molecule has 0 bridgehead atoms. The fourth-order valence-electron chi connectivity index (χ4n) is 9.04. The molecule has 0 heterocycles. The van der Waals surface area contributed by atoms with E-state index < -0.39 is 11.2 Å². The van der Waals surface area contributed by atoms with Crippen LogP contribution in [0.5, 0.6) is 0 Å². The molecule has 0 spiro atoms. The summed E-state index contributed by atoms with van der Waals surface area (Å²) in [7, 11) is 0. The van der Waals surface area contributed by atoms with Gasteiger partial charge < -0.3 is 10.2 Å². The van der Waals surface area contributed by atoms with Crippen LogP contribution < -0.4 is 0 Å². The van der Waals surface area contributed by atoms with Crippen molar-refractivity contribution in [3.05, 3.63) is 164 Å². The molecule has 2 atom stereocenters. The Kier molecular flexibility index (Phi) is 5.55. The zero-order valence-corrected chi connectivity index (χ0v) is 26.1. The third-order valence-electron chi connectivity index (χ3n) is 10.2. The van der Waals surface area contributed by atoms with Crippen LogP contribution in [0.1, 0.15) is 66.8 Å². The van der Waals surface area contributed by atoms with E-state index in [2.05, 4.69) is 126 Å². The molecule has 0 amide bonds. The van der Waals surface area contributed by atoms with E-state index in [0.717, 1.165) is 99.8 Å². The largest absolute Gasteiger partial charge is 0.376 e. The van der Waals surface area contributed by atoms with Crippen LogP contribution in [0.25, 0.3) is 33.0 Å². The van der Waals surface area contributed by atoms with Gasteiger partial charge in [0.05, 0.1) is 0 Å². The standard InChI is InChI=1S/C42H36O2/c1-23-19-25(3)37(26(4)20-23)41(43)33-17-11-9-15-31(33)35-29-13-7-8-14-30(29)36-32-16-10-12-18-34(32)42(44,40(36)39(35)41)38-27(5)21-24(2)22-28(38)6/h7-22,43-44H,1-6H3. The minimum Gasteiger partial charge on any atom is -0.376 e. The SMILES string of the molecule is Cc1cc(C)c(C2(O)c3ccccc3-c3c2c2c(c4ccccc34)-c3ccccc3C2(O)c2c(C)cc(C)cc2C)c(C)c1. The highest BCUT2D eigenvalue weighted by molar-refractivity contribution is 6.13. The van der Waals surface area contributed by atoms with Gasteiger partial charge in [-0.25, -0.2) is 0 Å². The van der Waals surface area contributed by atoms with Crippen LogP contribution in [0.4, 0.5) is 0 Å². The maximum atomic E-state index is 13.7. The van der Waals surface area contributed by atoms with Gasteiger partial charge in [0.2, 0.25) is 0 Å². The summed E-state index contributed by atoms with van der Waals surface area (Å²) in [5, 5.41) is 29.5. The van der Waals surface area contributed by atoms with E-state index in [1.54, 1.807) is 0 Å². The van der Waals surface area contributed by atoms with Crippen molar-refractivity contribution < 1.29 is 10.2 Å². The lowest BCUT2D eigenvalue weighted by atomic mass is 9.71. The number of hydrogen-bond acceptors (Lipinski definition) is 2. The number of fused-ring (bicyclic) bond motifs is 10. The second-order valence-electron chi connectivity index (χ2n) is 13.1. The Morgan fingerprint density at radius 3 is 1.09 bits per heavy atom. The lowest BCUT2D eigenvalue weighted by Gasteiger charge is -2.37. The zero-order valence-electron chi connectivity index (χ0n) is 26.1. The quantitative estimate of drug-likeness (QED) is 0.217. The van der Waals surface area contributed by atoms with E-state index in [9.17, 15) is 10.2 Å². The summed E-state index contributed by atoms with van der Waals surface area (Å²) in [6.07, 6.45) is 0. The average Bonchev–Trinajstić information content (AvgIpc) is 3.39. The van der Waals surface area contributed by atoms with Crippen LogP contribution in [0, 0.1) is 41.5 Å². The number of hydrogen-bond donors (Lipinski definition) is 2. The van der Waals surface area contributed by atoms with Crippen LogP contribution in [0.3, 0.4) is 0 Å². The average molecular weight is 573 g/mol. The first-order chi connectivity index (χ1) is 21.1. The molecule has 0 saturated carbocycles. The van der Waals surface area contributed by atoms with E-state index in [1.165, 1.54) is 0 Å². The molecule has 216 valence electrons. The van der Waals surface area contributed by atoms with Gasteiger partial charge in [0.1, 0.15) is 11.2 Å². The first kappa shape index (κ1) is 27.1. The highest BCUT2D eigenvalue weighted by Gasteiger charge is 2.55. The van der Waals surface area contributed by atoms with Crippen molar-refractivity contribution in [2.45, 2.75) is 52.7 Å². The highest BCUT2D eigenvalue weighted by Crippen LogP contribution is 2.64. The normalized spacial score (nSPS) is 19.5. The molecule has 2 nitrogen and oxygen atoms in total. The van der Waals surface area contributed by atoms with Gasteiger partial charge in [0.25, 0.3) is 0 Å². The summed E-state index contributed by atoms with van der Waals surface area (Å²) >= 11 is 0. The van der Waals surface area contributed by atoms with Crippen LogP contribution in [-0.2, 0) is 11.2 Å². The molecule has 0 saturated heterocycles. The summed E-state index contributed by atoms with van der Waals surface area (Å²) < 4.78 is 0. The second kappa shape index (κ2) is 9.01. The van der Waals surface area contributed by atoms with Crippen molar-refractivity contribution in [2.75, 3.05) is 0 Å². The van der Waals surface area contributed by atoms with E-state index in [0.29, 0.717) is 0 Å². The summed E-state index contributed by atoms with van der Waals surface area (Å²) in [6.45, 7) is 12.6. The molecule has 2 aliphatic rings. The number of rotatable bonds is 2. The second-order valence-corrected chi connectivity index (χ2v) is 13.1. The van der Waals surface area contributed by atoms with Crippen LogP contribution in [0.15, 0.2) is 97.1 Å². The molecular formula is C42H36O2. The van der Waals surface area contributed by atoms with E-state index in [1.807, 2.05) is 12.1 Å². The molecule has 2 heteroatoms. The first-order valence-electron chi connectivity index (χ1n) is 15.5. The Morgan fingerprint density at radius 2 is 0.727 bits per heavy atom. The molecule has 0 aliphatic heterocycles. The molecule has 6 aromatic carbocycles. The third-order valence-corrected chi connectivity index (χ3v) is 10.2. The number of aliphatic hydroxyl groups is 2. The van der Waals surface area contributed by atoms with Crippen molar-refractivity contribution in [1.82, 2.24) is 0 Å². The summed E-state index contributed by atoms with van der Waals surface area (Å²) in [6, 6.07) is 33.7. The highest BCUT2D eigenvalue weighted by atomic mass is 16.3. The molecule has 0 radical (unpaired) electrons. The summed E-state index contributed by atoms with van der Waals surface area (Å²) in [5.41, 5.74) is 12.6. The molecule has 2 aliphatic carbocycles. The molecule has 0 aromatic heterocycles. The Morgan fingerprint density at radius 1 is 0.409 bits per heavy atom. The predicted octanol–water partition coefficient (Wildman–Crippen LogP) is 9.22. The van der Waals surface area contributed by atoms with Gasteiger partial charge in [-0.15, -0.1) is 0 Å². The van der Waals surface area contributed by atoms with Crippen molar-refractivity contribution in [2.24, 2.45) is 0 Å². The van der Waals surface area contributed by atoms with E-state index in [-0.39, 0.29) is 0 Å². The molecule has 2 unspecified atom stereocenters. The molecule has 2 N–H and O–H groups in total. The molecule has 8 rings (SSSR count). The molecular weight excluding hydrogens is 536 g/mol. The van der Waals surface area contributed by atoms with Gasteiger partial charge in [-0.3, -0.25) is 0 Å². The Bertz CT molecular complexity index is 2020. The predicted molar refractivity (Wildman–Crippen MR) is 180 cm³/mol. The topological polar surface area (TPSA) is 40.5 Å². The molecule has 0 fully saturated rings. The summed E-state index contributed by atoms with van der Waals surface area (Å²) in [5.74, 6) is 0.